The van der Waals surface area contributed by atoms with Crippen molar-refractivity contribution in [2.45, 2.75) is 59.5 Å². The molecule has 2 unspecified atom stereocenters. The molecular formula is C24H42IN3O3. The number of halogens is 1. The van der Waals surface area contributed by atoms with Gasteiger partial charge in [0, 0.05) is 32.7 Å². The zero-order chi connectivity index (χ0) is 22.0. The van der Waals surface area contributed by atoms with Gasteiger partial charge in [0.2, 0.25) is 0 Å². The van der Waals surface area contributed by atoms with Gasteiger partial charge in [-0.15, -0.1) is 24.0 Å². The van der Waals surface area contributed by atoms with Crippen molar-refractivity contribution in [3.63, 3.8) is 0 Å². The topological polar surface area (TPSA) is 64.1 Å². The molecule has 0 spiro atoms. The molecule has 6 nitrogen and oxygen atoms in total. The summed E-state index contributed by atoms with van der Waals surface area (Å²) in [7, 11) is 3.50. The molecule has 1 aromatic rings. The van der Waals surface area contributed by atoms with Crippen molar-refractivity contribution in [2.75, 3.05) is 40.5 Å². The Labute approximate surface area is 205 Å². The van der Waals surface area contributed by atoms with Crippen LogP contribution < -0.4 is 20.1 Å². The number of methoxy groups -OCH3 is 1. The summed E-state index contributed by atoms with van der Waals surface area (Å²) < 4.78 is 17.1. The number of benzene rings is 1. The second-order valence-electron chi connectivity index (χ2n) is 8.96. The number of nitrogens with zero attached hydrogens (tertiary/aromatic N) is 1. The number of hydrogen-bond acceptors (Lipinski definition) is 4. The van der Waals surface area contributed by atoms with E-state index >= 15 is 0 Å². The van der Waals surface area contributed by atoms with Crippen LogP contribution in [-0.2, 0) is 11.2 Å². The third-order valence-electron chi connectivity index (χ3n) is 5.52. The van der Waals surface area contributed by atoms with Crippen molar-refractivity contribution in [3.8, 4) is 11.5 Å². The van der Waals surface area contributed by atoms with Crippen molar-refractivity contribution in [1.29, 1.82) is 0 Å². The molecule has 1 fully saturated rings. The van der Waals surface area contributed by atoms with Gasteiger partial charge in [-0.05, 0) is 55.7 Å². The number of hydrogen-bond donors (Lipinski definition) is 2. The van der Waals surface area contributed by atoms with Gasteiger partial charge in [0.1, 0.15) is 0 Å². The van der Waals surface area contributed by atoms with Gasteiger partial charge >= 0.3 is 0 Å². The third-order valence-corrected chi connectivity index (χ3v) is 5.52. The number of aliphatic imine (C=N–C) groups is 1. The maximum Gasteiger partial charge on any atom is 0.190 e. The average molecular weight is 548 g/mol. The average Bonchev–Trinajstić information content (AvgIpc) is 2.73. The van der Waals surface area contributed by atoms with Crippen molar-refractivity contribution < 1.29 is 14.2 Å². The normalized spacial score (nSPS) is 19.4. The van der Waals surface area contributed by atoms with Gasteiger partial charge < -0.3 is 24.8 Å². The molecule has 0 aliphatic carbocycles. The van der Waals surface area contributed by atoms with E-state index in [4.69, 9.17) is 14.2 Å². The van der Waals surface area contributed by atoms with Crippen molar-refractivity contribution in [2.24, 2.45) is 16.3 Å². The lowest BCUT2D eigenvalue weighted by Gasteiger charge is -2.40. The Balaban J connectivity index is 0.00000480. The SMILES string of the molecule is CCOc1cc(CCCNC(=NC)NCC2CCCOC2C(C)(C)C)ccc1OC.I. The number of ether oxygens (including phenoxy) is 3. The monoisotopic (exact) mass is 547 g/mol. The van der Waals surface area contributed by atoms with Crippen LogP contribution in [-0.4, -0.2) is 52.5 Å². The Morgan fingerprint density at radius 1 is 1.23 bits per heavy atom. The molecule has 1 aromatic carbocycles. The van der Waals surface area contributed by atoms with Crippen molar-refractivity contribution >= 4 is 29.9 Å². The second kappa shape index (κ2) is 14.0. The number of nitrogens with one attached hydrogen (secondary N) is 2. The van der Waals surface area contributed by atoms with Crippen LogP contribution in [0.4, 0.5) is 0 Å². The minimum atomic E-state index is 0. The van der Waals surface area contributed by atoms with E-state index in [1.54, 1.807) is 7.11 Å². The van der Waals surface area contributed by atoms with E-state index in [-0.39, 0.29) is 35.5 Å². The molecule has 2 rings (SSSR count). The lowest BCUT2D eigenvalue weighted by Crippen LogP contribution is -2.47. The Morgan fingerprint density at radius 2 is 2.00 bits per heavy atom. The molecule has 1 saturated heterocycles. The Kier molecular flexibility index (Phi) is 12.6. The third kappa shape index (κ3) is 9.04. The lowest BCUT2D eigenvalue weighted by molar-refractivity contribution is -0.0835. The van der Waals surface area contributed by atoms with E-state index in [2.05, 4.69) is 48.5 Å². The van der Waals surface area contributed by atoms with E-state index in [1.165, 1.54) is 12.0 Å². The summed E-state index contributed by atoms with van der Waals surface area (Å²) in [6, 6.07) is 6.15. The summed E-state index contributed by atoms with van der Waals surface area (Å²) in [4.78, 5) is 4.38. The van der Waals surface area contributed by atoms with Crippen LogP contribution in [0.5, 0.6) is 11.5 Å². The molecule has 31 heavy (non-hydrogen) atoms. The molecule has 1 aliphatic rings. The number of guanidine groups is 1. The molecule has 7 heteroatoms. The van der Waals surface area contributed by atoms with Gasteiger partial charge in [0.05, 0.1) is 19.8 Å². The van der Waals surface area contributed by atoms with Gasteiger partial charge in [-0.3, -0.25) is 4.99 Å². The fraction of sp³-hybridized carbons (Fsp3) is 0.708. The van der Waals surface area contributed by atoms with Crippen LogP contribution >= 0.6 is 24.0 Å². The fourth-order valence-electron chi connectivity index (χ4n) is 4.10. The molecule has 1 aliphatic heterocycles. The molecule has 1 heterocycles. The Morgan fingerprint density at radius 3 is 2.65 bits per heavy atom. The van der Waals surface area contributed by atoms with Gasteiger partial charge in [-0.1, -0.05) is 26.8 Å². The summed E-state index contributed by atoms with van der Waals surface area (Å²) in [6.45, 7) is 12.0. The number of rotatable bonds is 9. The van der Waals surface area contributed by atoms with Crippen LogP contribution in [0.2, 0.25) is 0 Å². The zero-order valence-corrected chi connectivity index (χ0v) is 22.5. The summed E-state index contributed by atoms with van der Waals surface area (Å²) in [5.74, 6) is 2.96. The van der Waals surface area contributed by atoms with Gasteiger partial charge in [0.25, 0.3) is 0 Å². The molecule has 0 saturated carbocycles. The Hall–Kier alpha value is -1.22. The summed E-state index contributed by atoms with van der Waals surface area (Å²) in [5.41, 5.74) is 1.40. The van der Waals surface area contributed by atoms with E-state index < -0.39 is 0 Å². The predicted molar refractivity (Wildman–Crippen MR) is 139 cm³/mol. The van der Waals surface area contributed by atoms with E-state index in [1.807, 2.05) is 20.0 Å². The van der Waals surface area contributed by atoms with Crippen molar-refractivity contribution in [1.82, 2.24) is 10.6 Å². The zero-order valence-electron chi connectivity index (χ0n) is 20.1. The minimum Gasteiger partial charge on any atom is -0.493 e. The maximum absolute atomic E-state index is 6.09. The van der Waals surface area contributed by atoms with Gasteiger partial charge in [-0.2, -0.15) is 0 Å². The highest BCUT2D eigenvalue weighted by Crippen LogP contribution is 2.33. The standard InChI is InChI=1S/C24H41N3O3.HI/c1-7-29-21-16-18(12-13-20(21)28-6)10-8-14-26-23(25-5)27-17-19-11-9-15-30-22(19)24(2,3)4;/h12-13,16,19,22H,7-11,14-15,17H2,1-6H3,(H2,25,26,27);1H. The molecule has 0 bridgehead atoms. The van der Waals surface area contributed by atoms with Crippen LogP contribution in [0, 0.1) is 11.3 Å². The summed E-state index contributed by atoms with van der Waals surface area (Å²) >= 11 is 0. The van der Waals surface area contributed by atoms with Crippen LogP contribution in [0.15, 0.2) is 23.2 Å². The Bertz CT molecular complexity index is 677. The van der Waals surface area contributed by atoms with E-state index in [9.17, 15) is 0 Å². The van der Waals surface area contributed by atoms with Crippen LogP contribution in [0.3, 0.4) is 0 Å². The van der Waals surface area contributed by atoms with Crippen LogP contribution in [0.1, 0.15) is 52.5 Å². The maximum atomic E-state index is 6.09. The van der Waals surface area contributed by atoms with E-state index in [0.29, 0.717) is 12.5 Å². The highest BCUT2D eigenvalue weighted by Gasteiger charge is 2.35. The van der Waals surface area contributed by atoms with Gasteiger partial charge in [-0.25, -0.2) is 0 Å². The first-order chi connectivity index (χ1) is 14.4. The van der Waals surface area contributed by atoms with E-state index in [0.717, 1.165) is 56.4 Å². The van der Waals surface area contributed by atoms with Crippen molar-refractivity contribution in [3.05, 3.63) is 23.8 Å². The first kappa shape index (κ1) is 27.8. The predicted octanol–water partition coefficient (Wildman–Crippen LogP) is 4.65. The largest absolute Gasteiger partial charge is 0.493 e. The van der Waals surface area contributed by atoms with Crippen LogP contribution in [0.25, 0.3) is 0 Å². The molecule has 178 valence electrons. The highest BCUT2D eigenvalue weighted by atomic mass is 127. The first-order valence-electron chi connectivity index (χ1n) is 11.2. The first-order valence-corrected chi connectivity index (χ1v) is 11.2. The summed E-state index contributed by atoms with van der Waals surface area (Å²) in [5, 5.41) is 6.94. The molecule has 0 radical (unpaired) electrons. The smallest absolute Gasteiger partial charge is 0.190 e. The summed E-state index contributed by atoms with van der Waals surface area (Å²) in [6.07, 6.45) is 4.60. The second-order valence-corrected chi connectivity index (χ2v) is 8.96. The fourth-order valence-corrected chi connectivity index (χ4v) is 4.10. The number of aryl methyl sites for hydroxylation is 1. The quantitative estimate of drug-likeness (QED) is 0.204. The molecule has 0 aromatic heterocycles. The molecule has 0 amide bonds. The molecule has 2 N–H and O–H groups in total. The lowest BCUT2D eigenvalue weighted by atomic mass is 9.78. The van der Waals surface area contributed by atoms with Gasteiger partial charge in [0.15, 0.2) is 17.5 Å². The minimum absolute atomic E-state index is 0. The highest BCUT2D eigenvalue weighted by molar-refractivity contribution is 14.0. The molecular weight excluding hydrogens is 505 g/mol. The molecule has 2 atom stereocenters.